The number of nitrogens with one attached hydrogen (secondary N) is 1. The molecule has 22 heavy (non-hydrogen) atoms. The molecule has 1 aromatic carbocycles. The van der Waals surface area contributed by atoms with Gasteiger partial charge in [0.15, 0.2) is 5.13 Å². The van der Waals surface area contributed by atoms with Crippen molar-refractivity contribution in [2.24, 2.45) is 0 Å². The van der Waals surface area contributed by atoms with Gasteiger partial charge in [0.25, 0.3) is 5.91 Å². The molecule has 1 N–H and O–H groups in total. The summed E-state index contributed by atoms with van der Waals surface area (Å²) in [6.07, 6.45) is 2.20. The van der Waals surface area contributed by atoms with Crippen LogP contribution in [0.25, 0.3) is 0 Å². The van der Waals surface area contributed by atoms with Gasteiger partial charge in [-0.1, -0.05) is 12.1 Å². The molecule has 1 saturated heterocycles. The molecule has 2 aromatic rings. The van der Waals surface area contributed by atoms with Crippen LogP contribution in [0.15, 0.2) is 29.6 Å². The van der Waals surface area contributed by atoms with Crippen molar-refractivity contribution >= 4 is 22.4 Å². The summed E-state index contributed by atoms with van der Waals surface area (Å²) in [6, 6.07) is 7.23. The van der Waals surface area contributed by atoms with Gasteiger partial charge >= 0.3 is 0 Å². The standard InChI is InChI=1S/C16H18N2O3S/c1-11-10-22-16(17-11)18-15(19)13-6-2-3-7-14(13)21-9-12-5-4-8-20-12/h2-3,6-7,10,12H,4-5,8-9H2,1H3,(H,17,18,19). The molecule has 1 aromatic heterocycles. The van der Waals surface area contributed by atoms with Gasteiger partial charge in [-0.25, -0.2) is 4.98 Å². The van der Waals surface area contributed by atoms with E-state index in [2.05, 4.69) is 10.3 Å². The molecule has 2 heterocycles. The molecule has 1 atom stereocenters. The van der Waals surface area contributed by atoms with Crippen LogP contribution in [0.2, 0.25) is 0 Å². The van der Waals surface area contributed by atoms with Crippen LogP contribution in [0, 0.1) is 6.92 Å². The van der Waals surface area contributed by atoms with Crippen molar-refractivity contribution in [3.8, 4) is 5.75 Å². The first-order valence-electron chi connectivity index (χ1n) is 7.29. The summed E-state index contributed by atoms with van der Waals surface area (Å²) in [5, 5.41) is 5.30. The summed E-state index contributed by atoms with van der Waals surface area (Å²) in [6.45, 7) is 3.16. The van der Waals surface area contributed by atoms with Gasteiger partial charge in [-0.2, -0.15) is 0 Å². The van der Waals surface area contributed by atoms with E-state index >= 15 is 0 Å². The van der Waals surface area contributed by atoms with Crippen molar-refractivity contribution < 1.29 is 14.3 Å². The Morgan fingerprint density at radius 3 is 3.09 bits per heavy atom. The highest BCUT2D eigenvalue weighted by Crippen LogP contribution is 2.22. The fourth-order valence-corrected chi connectivity index (χ4v) is 3.00. The second-order valence-electron chi connectivity index (χ2n) is 5.19. The largest absolute Gasteiger partial charge is 0.490 e. The van der Waals surface area contributed by atoms with Gasteiger partial charge in [0, 0.05) is 12.0 Å². The van der Waals surface area contributed by atoms with Gasteiger partial charge in [-0.3, -0.25) is 10.1 Å². The monoisotopic (exact) mass is 318 g/mol. The minimum Gasteiger partial charge on any atom is -0.490 e. The number of nitrogens with zero attached hydrogens (tertiary/aromatic N) is 1. The molecule has 1 unspecified atom stereocenters. The Morgan fingerprint density at radius 1 is 1.50 bits per heavy atom. The zero-order chi connectivity index (χ0) is 15.4. The summed E-state index contributed by atoms with van der Waals surface area (Å²) in [4.78, 5) is 16.6. The number of thiazole rings is 1. The molecule has 1 aliphatic rings. The molecular formula is C16H18N2O3S. The average molecular weight is 318 g/mol. The highest BCUT2D eigenvalue weighted by atomic mass is 32.1. The summed E-state index contributed by atoms with van der Waals surface area (Å²) >= 11 is 1.41. The molecule has 1 amide bonds. The molecule has 3 rings (SSSR count). The Labute approximate surface area is 133 Å². The summed E-state index contributed by atoms with van der Waals surface area (Å²) < 4.78 is 11.3. The molecule has 116 valence electrons. The lowest BCUT2D eigenvalue weighted by Crippen LogP contribution is -2.19. The Bertz CT molecular complexity index is 650. The summed E-state index contributed by atoms with van der Waals surface area (Å²) in [5.74, 6) is 0.362. The minimum absolute atomic E-state index is 0.123. The van der Waals surface area contributed by atoms with E-state index in [0.29, 0.717) is 23.1 Å². The molecule has 5 nitrogen and oxygen atoms in total. The number of hydrogen-bond donors (Lipinski definition) is 1. The third kappa shape index (κ3) is 3.64. The van der Waals surface area contributed by atoms with Gasteiger partial charge < -0.3 is 9.47 Å². The molecule has 0 saturated carbocycles. The molecule has 0 bridgehead atoms. The average Bonchev–Trinajstić information content (AvgIpc) is 3.17. The quantitative estimate of drug-likeness (QED) is 0.919. The number of para-hydroxylation sites is 1. The van der Waals surface area contributed by atoms with Crippen LogP contribution in [0.5, 0.6) is 5.75 Å². The number of anilines is 1. The maximum absolute atomic E-state index is 12.4. The molecular weight excluding hydrogens is 300 g/mol. The van der Waals surface area contributed by atoms with Crippen molar-refractivity contribution in [3.05, 3.63) is 40.9 Å². The molecule has 0 spiro atoms. The summed E-state index contributed by atoms with van der Waals surface area (Å²) in [5.41, 5.74) is 1.40. The smallest absolute Gasteiger partial charge is 0.261 e. The van der Waals surface area contributed by atoms with Crippen molar-refractivity contribution in [2.75, 3.05) is 18.5 Å². The van der Waals surface area contributed by atoms with Crippen LogP contribution in [0.3, 0.4) is 0 Å². The van der Waals surface area contributed by atoms with Crippen LogP contribution in [0.4, 0.5) is 5.13 Å². The topological polar surface area (TPSA) is 60.5 Å². The normalized spacial score (nSPS) is 17.4. The first-order valence-corrected chi connectivity index (χ1v) is 8.17. The molecule has 0 aliphatic carbocycles. The van der Waals surface area contributed by atoms with E-state index in [1.54, 1.807) is 12.1 Å². The van der Waals surface area contributed by atoms with Crippen molar-refractivity contribution in [2.45, 2.75) is 25.9 Å². The van der Waals surface area contributed by atoms with E-state index in [9.17, 15) is 4.79 Å². The van der Waals surface area contributed by atoms with E-state index in [1.807, 2.05) is 24.4 Å². The number of carbonyl (C=O) groups excluding carboxylic acids is 1. The SMILES string of the molecule is Cc1csc(NC(=O)c2ccccc2OCC2CCCO2)n1. The highest BCUT2D eigenvalue weighted by molar-refractivity contribution is 7.13. The zero-order valence-electron chi connectivity index (χ0n) is 12.4. The van der Waals surface area contributed by atoms with Gasteiger partial charge in [-0.15, -0.1) is 11.3 Å². The second-order valence-corrected chi connectivity index (χ2v) is 6.05. The number of ether oxygens (including phenoxy) is 2. The van der Waals surface area contributed by atoms with E-state index in [0.717, 1.165) is 25.1 Å². The van der Waals surface area contributed by atoms with Crippen molar-refractivity contribution in [1.29, 1.82) is 0 Å². The van der Waals surface area contributed by atoms with Gasteiger partial charge in [0.1, 0.15) is 12.4 Å². The number of benzene rings is 1. The lowest BCUT2D eigenvalue weighted by Gasteiger charge is -2.14. The second kappa shape index (κ2) is 6.89. The lowest BCUT2D eigenvalue weighted by molar-refractivity contribution is 0.0673. The van der Waals surface area contributed by atoms with E-state index in [-0.39, 0.29) is 12.0 Å². The van der Waals surface area contributed by atoms with E-state index in [1.165, 1.54) is 11.3 Å². The van der Waals surface area contributed by atoms with Crippen LogP contribution in [0.1, 0.15) is 28.9 Å². The number of aryl methyl sites for hydroxylation is 1. The summed E-state index contributed by atoms with van der Waals surface area (Å²) in [7, 11) is 0. The number of hydrogen-bond acceptors (Lipinski definition) is 5. The fourth-order valence-electron chi connectivity index (χ4n) is 2.31. The van der Waals surface area contributed by atoms with E-state index in [4.69, 9.17) is 9.47 Å². The van der Waals surface area contributed by atoms with Crippen LogP contribution < -0.4 is 10.1 Å². The van der Waals surface area contributed by atoms with Crippen molar-refractivity contribution in [3.63, 3.8) is 0 Å². The first kappa shape index (κ1) is 15.0. The maximum Gasteiger partial charge on any atom is 0.261 e. The van der Waals surface area contributed by atoms with Crippen molar-refractivity contribution in [1.82, 2.24) is 4.98 Å². The molecule has 0 radical (unpaired) electrons. The van der Waals surface area contributed by atoms with Gasteiger partial charge in [0.05, 0.1) is 17.4 Å². The Hall–Kier alpha value is -1.92. The molecule has 1 fully saturated rings. The Balaban J connectivity index is 1.68. The van der Waals surface area contributed by atoms with Crippen LogP contribution >= 0.6 is 11.3 Å². The number of aromatic nitrogens is 1. The molecule has 1 aliphatic heterocycles. The number of amides is 1. The number of rotatable bonds is 5. The third-order valence-electron chi connectivity index (χ3n) is 3.42. The third-order valence-corrected chi connectivity index (χ3v) is 4.30. The first-order chi connectivity index (χ1) is 10.7. The predicted molar refractivity (Wildman–Crippen MR) is 85.7 cm³/mol. The lowest BCUT2D eigenvalue weighted by atomic mass is 10.2. The fraction of sp³-hybridized carbons (Fsp3) is 0.375. The maximum atomic E-state index is 12.4. The minimum atomic E-state index is -0.211. The number of carbonyl (C=O) groups is 1. The van der Waals surface area contributed by atoms with Gasteiger partial charge in [0.2, 0.25) is 0 Å². The van der Waals surface area contributed by atoms with E-state index < -0.39 is 0 Å². The Morgan fingerprint density at radius 2 is 2.36 bits per heavy atom. The predicted octanol–water partition coefficient (Wildman–Crippen LogP) is 3.26. The van der Waals surface area contributed by atoms with Crippen LogP contribution in [-0.2, 0) is 4.74 Å². The van der Waals surface area contributed by atoms with Gasteiger partial charge in [-0.05, 0) is 31.9 Å². The Kier molecular flexibility index (Phi) is 4.70. The highest BCUT2D eigenvalue weighted by Gasteiger charge is 2.18. The zero-order valence-corrected chi connectivity index (χ0v) is 13.2. The molecule has 6 heteroatoms. The van der Waals surface area contributed by atoms with Crippen LogP contribution in [-0.4, -0.2) is 30.2 Å².